The van der Waals surface area contributed by atoms with E-state index in [1.807, 2.05) is 39.2 Å². The van der Waals surface area contributed by atoms with Gasteiger partial charge in [-0.05, 0) is 86.6 Å². The standard InChI is InChI=1S/C27H43N3O5S2/c1-19(2)13-14-20(3)15-16-22(25(32)35-26(4,5)6)29-24(31)23(27(7,8)36-10)30(9)37(33,34)21-12-11-17-28-18-21/h11-14,17-18,22-23H,15-16H2,1-10H3,(H,29,31)/b20-14+/t22-,23+/m0/s1. The number of nitrogens with zero attached hydrogens (tertiary/aromatic N) is 2. The molecule has 0 unspecified atom stereocenters. The summed E-state index contributed by atoms with van der Waals surface area (Å²) in [6, 6.07) is 0.903. The molecule has 0 bridgehead atoms. The topological polar surface area (TPSA) is 106 Å². The Balaban J connectivity index is 3.36. The van der Waals surface area contributed by atoms with Gasteiger partial charge in [0.1, 0.15) is 22.6 Å². The fourth-order valence-electron chi connectivity index (χ4n) is 3.47. The van der Waals surface area contributed by atoms with Crippen LogP contribution in [0, 0.1) is 0 Å². The van der Waals surface area contributed by atoms with Gasteiger partial charge in [0.15, 0.2) is 0 Å². The number of amides is 1. The number of esters is 1. The summed E-state index contributed by atoms with van der Waals surface area (Å²) in [5.74, 6) is -1.13. The minimum atomic E-state index is -4.04. The number of pyridine rings is 1. The number of hydrogen-bond acceptors (Lipinski definition) is 7. The van der Waals surface area contributed by atoms with Crippen molar-refractivity contribution in [1.82, 2.24) is 14.6 Å². The van der Waals surface area contributed by atoms with Crippen LogP contribution in [0.3, 0.4) is 0 Å². The van der Waals surface area contributed by atoms with Crippen molar-refractivity contribution in [2.45, 2.75) is 95.6 Å². The maximum Gasteiger partial charge on any atom is 0.329 e. The van der Waals surface area contributed by atoms with Gasteiger partial charge in [-0.2, -0.15) is 16.1 Å². The van der Waals surface area contributed by atoms with Crippen molar-refractivity contribution < 1.29 is 22.7 Å². The lowest BCUT2D eigenvalue weighted by Crippen LogP contribution is -2.59. The number of rotatable bonds is 12. The van der Waals surface area contributed by atoms with Crippen LogP contribution in [-0.4, -0.2) is 65.3 Å². The molecule has 37 heavy (non-hydrogen) atoms. The van der Waals surface area contributed by atoms with Crippen LogP contribution in [0.5, 0.6) is 0 Å². The summed E-state index contributed by atoms with van der Waals surface area (Å²) in [5, 5.41) is 2.81. The van der Waals surface area contributed by atoms with E-state index in [1.54, 1.807) is 34.6 Å². The number of thioether (sulfide) groups is 1. The summed E-state index contributed by atoms with van der Waals surface area (Å²) in [5.41, 5.74) is 1.45. The molecular weight excluding hydrogens is 510 g/mol. The number of nitrogens with one attached hydrogen (secondary N) is 1. The smallest absolute Gasteiger partial charge is 0.329 e. The second-order valence-corrected chi connectivity index (χ2v) is 14.3. The van der Waals surface area contributed by atoms with Crippen molar-refractivity contribution in [2.24, 2.45) is 0 Å². The van der Waals surface area contributed by atoms with Crippen molar-refractivity contribution in [3.63, 3.8) is 0 Å². The highest BCUT2D eigenvalue weighted by Gasteiger charge is 2.44. The van der Waals surface area contributed by atoms with E-state index < -0.39 is 44.3 Å². The minimum Gasteiger partial charge on any atom is -0.458 e. The quantitative estimate of drug-likeness (QED) is 0.295. The second-order valence-electron chi connectivity index (χ2n) is 10.8. The zero-order valence-electron chi connectivity index (χ0n) is 23.8. The summed E-state index contributed by atoms with van der Waals surface area (Å²) >= 11 is 1.36. The summed E-state index contributed by atoms with van der Waals surface area (Å²) in [7, 11) is -2.66. The van der Waals surface area contributed by atoms with Gasteiger partial charge in [-0.1, -0.05) is 23.3 Å². The normalized spacial score (nSPS) is 14.6. The van der Waals surface area contributed by atoms with Crippen LogP contribution >= 0.6 is 11.8 Å². The monoisotopic (exact) mass is 553 g/mol. The van der Waals surface area contributed by atoms with Crippen molar-refractivity contribution >= 4 is 33.7 Å². The average Bonchev–Trinajstić information content (AvgIpc) is 2.79. The first-order chi connectivity index (χ1) is 16.9. The molecule has 1 aromatic heterocycles. The molecule has 10 heteroatoms. The van der Waals surface area contributed by atoms with Gasteiger partial charge in [-0.3, -0.25) is 9.78 Å². The maximum absolute atomic E-state index is 13.7. The Morgan fingerprint density at radius 2 is 1.78 bits per heavy atom. The molecule has 0 radical (unpaired) electrons. The number of allylic oxidation sites excluding steroid dienone is 4. The van der Waals surface area contributed by atoms with Crippen LogP contribution < -0.4 is 5.32 Å². The first kappa shape index (κ1) is 32.9. The first-order valence-electron chi connectivity index (χ1n) is 12.2. The lowest BCUT2D eigenvalue weighted by atomic mass is 10.0. The molecule has 0 aromatic carbocycles. The molecule has 1 aromatic rings. The van der Waals surface area contributed by atoms with E-state index in [9.17, 15) is 18.0 Å². The zero-order valence-corrected chi connectivity index (χ0v) is 25.4. The Bertz CT molecular complexity index is 1090. The molecule has 0 saturated carbocycles. The van der Waals surface area contributed by atoms with Gasteiger partial charge in [-0.15, -0.1) is 0 Å². The van der Waals surface area contributed by atoms with E-state index in [4.69, 9.17) is 4.74 Å². The number of carbonyl (C=O) groups excluding carboxylic acids is 2. The van der Waals surface area contributed by atoms with Gasteiger partial charge in [0, 0.05) is 24.2 Å². The minimum absolute atomic E-state index is 0.0177. The highest BCUT2D eigenvalue weighted by molar-refractivity contribution is 8.00. The van der Waals surface area contributed by atoms with Gasteiger partial charge in [-0.25, -0.2) is 13.2 Å². The highest BCUT2D eigenvalue weighted by atomic mass is 32.2. The Morgan fingerprint density at radius 1 is 1.16 bits per heavy atom. The van der Waals surface area contributed by atoms with E-state index in [0.717, 1.165) is 15.5 Å². The number of likely N-dealkylation sites (N-methyl/N-ethyl adjacent to an activating group) is 1. The lowest BCUT2D eigenvalue weighted by molar-refractivity contribution is -0.159. The van der Waals surface area contributed by atoms with Crippen LogP contribution in [-0.2, 0) is 24.3 Å². The largest absolute Gasteiger partial charge is 0.458 e. The van der Waals surface area contributed by atoms with E-state index in [1.165, 1.54) is 43.3 Å². The highest BCUT2D eigenvalue weighted by Crippen LogP contribution is 2.32. The van der Waals surface area contributed by atoms with E-state index in [2.05, 4.69) is 10.3 Å². The van der Waals surface area contributed by atoms with Crippen LogP contribution in [0.15, 0.2) is 52.7 Å². The molecule has 0 saturated heterocycles. The summed E-state index contributed by atoms with van der Waals surface area (Å²) < 4.78 is 32.6. The SMILES string of the molecule is CSC(C)(C)[C@@H](C(=O)N[C@@H](CC/C(C)=C/C=C(C)C)C(=O)OC(C)(C)C)N(C)S(=O)(=O)c1cccnc1. The third kappa shape index (κ3) is 10.2. The van der Waals surface area contributed by atoms with Crippen molar-refractivity contribution in [3.8, 4) is 0 Å². The van der Waals surface area contributed by atoms with Crippen molar-refractivity contribution in [3.05, 3.63) is 47.8 Å². The molecule has 0 fully saturated rings. The Kier molecular flexibility index (Phi) is 12.1. The van der Waals surface area contributed by atoms with Gasteiger partial charge in [0.05, 0.1) is 0 Å². The summed E-state index contributed by atoms with van der Waals surface area (Å²) in [6.07, 6.45) is 9.38. The molecule has 8 nitrogen and oxygen atoms in total. The number of aromatic nitrogens is 1. The summed E-state index contributed by atoms with van der Waals surface area (Å²) in [6.45, 7) is 14.8. The molecule has 1 amide bonds. The lowest BCUT2D eigenvalue weighted by Gasteiger charge is -2.38. The molecule has 2 atom stereocenters. The number of ether oxygens (including phenoxy) is 1. The molecule has 0 spiro atoms. The van der Waals surface area contributed by atoms with Gasteiger partial charge in [0.25, 0.3) is 0 Å². The van der Waals surface area contributed by atoms with Crippen molar-refractivity contribution in [1.29, 1.82) is 0 Å². The number of hydrogen-bond donors (Lipinski definition) is 1. The number of sulfonamides is 1. The molecule has 1 N–H and O–H groups in total. The molecule has 0 aliphatic carbocycles. The predicted molar refractivity (Wildman–Crippen MR) is 151 cm³/mol. The van der Waals surface area contributed by atoms with E-state index in [-0.39, 0.29) is 4.90 Å². The fraction of sp³-hybridized carbons (Fsp3) is 0.593. The van der Waals surface area contributed by atoms with Gasteiger partial charge < -0.3 is 10.1 Å². The molecule has 0 aliphatic heterocycles. The van der Waals surface area contributed by atoms with Crippen LogP contribution in [0.1, 0.15) is 68.2 Å². The zero-order chi connectivity index (χ0) is 28.6. The van der Waals surface area contributed by atoms with E-state index in [0.29, 0.717) is 12.8 Å². The van der Waals surface area contributed by atoms with Crippen LogP contribution in [0.4, 0.5) is 0 Å². The summed E-state index contributed by atoms with van der Waals surface area (Å²) in [4.78, 5) is 30.7. The van der Waals surface area contributed by atoms with Crippen LogP contribution in [0.25, 0.3) is 0 Å². The van der Waals surface area contributed by atoms with E-state index >= 15 is 0 Å². The number of carbonyl (C=O) groups is 2. The first-order valence-corrected chi connectivity index (χ1v) is 14.9. The maximum atomic E-state index is 13.7. The Morgan fingerprint density at radius 3 is 2.27 bits per heavy atom. The Labute approximate surface area is 227 Å². The van der Waals surface area contributed by atoms with Crippen LogP contribution in [0.2, 0.25) is 0 Å². The second kappa shape index (κ2) is 13.6. The molecule has 0 aliphatic rings. The fourth-order valence-corrected chi connectivity index (χ4v) is 5.44. The molecule has 1 heterocycles. The van der Waals surface area contributed by atoms with Gasteiger partial charge >= 0.3 is 5.97 Å². The van der Waals surface area contributed by atoms with Gasteiger partial charge in [0.2, 0.25) is 15.9 Å². The third-order valence-corrected chi connectivity index (χ3v) is 8.73. The Hall–Kier alpha value is -2.17. The average molecular weight is 554 g/mol. The molecule has 208 valence electrons. The molecule has 1 rings (SSSR count). The third-order valence-electron chi connectivity index (χ3n) is 5.64. The predicted octanol–water partition coefficient (Wildman–Crippen LogP) is 4.73. The van der Waals surface area contributed by atoms with Crippen molar-refractivity contribution in [2.75, 3.05) is 13.3 Å². The molecular formula is C27H43N3O5S2.